The Hall–Kier alpha value is -6.80. The van der Waals surface area contributed by atoms with Gasteiger partial charge in [0.15, 0.2) is 0 Å². The summed E-state index contributed by atoms with van der Waals surface area (Å²) in [6.45, 7) is 4.44. The van der Waals surface area contributed by atoms with Gasteiger partial charge >= 0.3 is 0 Å². The Morgan fingerprint density at radius 1 is 0.212 bits per heavy atom. The Bertz CT molecular complexity index is 1800. The van der Waals surface area contributed by atoms with Crippen LogP contribution in [-0.2, 0) is 0 Å². The molecule has 7 heterocycles. The fourth-order valence-electron chi connectivity index (χ4n) is 4.47. The number of hydrogen-bond acceptors (Lipinski definition) is 4. The number of benzene rings is 4. The lowest BCUT2D eigenvalue weighted by Gasteiger charge is -1.95. The molecule has 0 aromatic heterocycles. The van der Waals surface area contributed by atoms with Crippen LogP contribution in [0.3, 0.4) is 0 Å². The Morgan fingerprint density at radius 3 is 0.442 bits per heavy atom. The van der Waals surface area contributed by atoms with Gasteiger partial charge < -0.3 is 0 Å². The fraction of sp³-hybridized carbons (Fsp3) is 0.167. The molecule has 0 aliphatic carbocycles. The molecule has 0 saturated carbocycles. The van der Waals surface area contributed by atoms with Gasteiger partial charge in [0.2, 0.25) is 0 Å². The van der Waals surface area contributed by atoms with Crippen LogP contribution in [0, 0.1) is 94.7 Å². The highest BCUT2D eigenvalue weighted by Crippen LogP contribution is 2.04. The third-order valence-corrected chi connectivity index (χ3v) is 7.11. The molecular weight excluding hydrogens is 633 g/mol. The van der Waals surface area contributed by atoms with Crippen LogP contribution in [0.2, 0.25) is 0 Å². The summed E-state index contributed by atoms with van der Waals surface area (Å²) in [5, 5.41) is 13.0. The van der Waals surface area contributed by atoms with Gasteiger partial charge in [-0.25, -0.2) is 0 Å². The predicted octanol–water partition coefficient (Wildman–Crippen LogP) is 3.97. The van der Waals surface area contributed by atoms with E-state index >= 15 is 0 Å². The maximum Gasteiger partial charge on any atom is 0.0587 e. The Kier molecular flexibility index (Phi) is 15.5. The molecule has 7 aliphatic heterocycles. The smallest absolute Gasteiger partial charge is 0.0587 e. The molecule has 0 atom stereocenters. The van der Waals surface area contributed by atoms with Crippen LogP contribution in [0.5, 0.6) is 0 Å². The molecule has 4 aromatic carbocycles. The van der Waals surface area contributed by atoms with Crippen LogP contribution < -0.4 is 21.3 Å². The number of nitrogens with one attached hydrogen (secondary N) is 4. The fourth-order valence-corrected chi connectivity index (χ4v) is 4.47. The van der Waals surface area contributed by atoms with Crippen molar-refractivity contribution >= 4 is 0 Å². The van der Waals surface area contributed by atoms with Crippen molar-refractivity contribution in [2.75, 3.05) is 52.4 Å². The van der Waals surface area contributed by atoms with Gasteiger partial charge in [0.1, 0.15) is 0 Å². The first-order valence-corrected chi connectivity index (χ1v) is 16.9. The van der Waals surface area contributed by atoms with Crippen LogP contribution in [0.1, 0.15) is 44.5 Å². The van der Waals surface area contributed by atoms with Crippen molar-refractivity contribution in [3.63, 3.8) is 0 Å². The Morgan fingerprint density at radius 2 is 0.327 bits per heavy atom. The summed E-state index contributed by atoms with van der Waals surface area (Å²) in [7, 11) is 0. The van der Waals surface area contributed by atoms with E-state index in [0.717, 1.165) is 44.5 Å². The van der Waals surface area contributed by atoms with Crippen molar-refractivity contribution in [2.24, 2.45) is 0 Å². The van der Waals surface area contributed by atoms with E-state index in [9.17, 15) is 0 Å². The summed E-state index contributed by atoms with van der Waals surface area (Å²) < 4.78 is 0. The van der Waals surface area contributed by atoms with Crippen molar-refractivity contribution in [1.29, 1.82) is 0 Å². The SMILES string of the molecule is C1#Cc2ccc(cc2)C#CCNCC#Cc2ccc(cc2)C#CCNCC#Cc2ccc(cc2)C#CCNCC#Cc2ccc(cc2)C#CCNC1. The number of hydrogen-bond donors (Lipinski definition) is 4. The second kappa shape index (κ2) is 22.0. The first-order valence-electron chi connectivity index (χ1n) is 16.9. The molecule has 11 rings (SSSR count). The van der Waals surface area contributed by atoms with E-state index in [1.165, 1.54) is 0 Å². The Balaban J connectivity index is 1.16. The maximum atomic E-state index is 3.25. The number of rotatable bonds is 0. The zero-order valence-electron chi connectivity index (χ0n) is 28.9. The van der Waals surface area contributed by atoms with Gasteiger partial charge in [-0.3, -0.25) is 21.3 Å². The molecule has 248 valence electrons. The summed E-state index contributed by atoms with van der Waals surface area (Å²) in [4.78, 5) is 0. The topological polar surface area (TPSA) is 48.1 Å². The van der Waals surface area contributed by atoms with Gasteiger partial charge in [-0.15, -0.1) is 0 Å². The highest BCUT2D eigenvalue weighted by molar-refractivity contribution is 5.45. The zero-order chi connectivity index (χ0) is 35.7. The van der Waals surface area contributed by atoms with E-state index in [1.807, 2.05) is 97.1 Å². The molecule has 0 saturated heterocycles. The van der Waals surface area contributed by atoms with Crippen molar-refractivity contribution in [1.82, 2.24) is 21.3 Å². The largest absolute Gasteiger partial charge is 0.295 e. The highest BCUT2D eigenvalue weighted by atomic mass is 14.8. The average molecular weight is 669 g/mol. The van der Waals surface area contributed by atoms with Crippen LogP contribution in [0.15, 0.2) is 97.1 Å². The molecular formula is C48H36N4. The van der Waals surface area contributed by atoms with Gasteiger partial charge in [0.05, 0.1) is 52.4 Å². The minimum absolute atomic E-state index is 0.555. The van der Waals surface area contributed by atoms with E-state index in [1.54, 1.807) is 0 Å². The third kappa shape index (κ3) is 14.4. The minimum Gasteiger partial charge on any atom is -0.295 e. The molecule has 4 aromatic rings. The molecule has 0 fully saturated rings. The highest BCUT2D eigenvalue weighted by Gasteiger charge is 1.92. The standard InChI is InChI=1S/C48H36N4/c1-9-41-17-19-42(20-18-41)11-3-35-50-36-5-13-45-25-27-46(28-26-45)15-7-39-52-40-8-16-48-31-29-47(30-32-48)14-6-38-51-37-4-12-44-23-21-43(22-24-44)10-2-34-49-33-1/h17-32,49-52H,33-40H2. The van der Waals surface area contributed by atoms with E-state index in [-0.39, 0.29) is 0 Å². The van der Waals surface area contributed by atoms with Crippen LogP contribution in [0.25, 0.3) is 0 Å². The minimum atomic E-state index is 0.555. The summed E-state index contributed by atoms with van der Waals surface area (Å²) in [6.07, 6.45) is 0. The average Bonchev–Trinajstić information content (AvgIpc) is 3.18. The van der Waals surface area contributed by atoms with E-state index in [4.69, 9.17) is 0 Å². The van der Waals surface area contributed by atoms with Crippen molar-refractivity contribution in [3.05, 3.63) is 142 Å². The quantitative estimate of drug-likeness (QED) is 0.215. The summed E-state index contributed by atoms with van der Waals surface area (Å²) >= 11 is 0. The summed E-state index contributed by atoms with van der Waals surface area (Å²) in [6, 6.07) is 31.8. The Labute approximate surface area is 309 Å². The lowest BCUT2D eigenvalue weighted by molar-refractivity contribution is 0.871. The van der Waals surface area contributed by atoms with Crippen molar-refractivity contribution in [2.45, 2.75) is 0 Å². The molecule has 0 unspecified atom stereocenters. The maximum absolute atomic E-state index is 3.25. The molecule has 7 aliphatic rings. The molecule has 0 spiro atoms. The lowest BCUT2D eigenvalue weighted by atomic mass is 10.1. The first kappa shape index (κ1) is 36.5. The van der Waals surface area contributed by atoms with Crippen LogP contribution in [0.4, 0.5) is 0 Å². The van der Waals surface area contributed by atoms with Gasteiger partial charge in [0, 0.05) is 44.5 Å². The second-order valence-electron chi connectivity index (χ2n) is 11.1. The predicted molar refractivity (Wildman–Crippen MR) is 212 cm³/mol. The van der Waals surface area contributed by atoms with Gasteiger partial charge in [-0.1, -0.05) is 94.7 Å². The zero-order valence-corrected chi connectivity index (χ0v) is 28.9. The van der Waals surface area contributed by atoms with Crippen LogP contribution in [-0.4, -0.2) is 52.4 Å². The van der Waals surface area contributed by atoms with E-state index < -0.39 is 0 Å². The molecule has 4 N–H and O–H groups in total. The van der Waals surface area contributed by atoms with Gasteiger partial charge in [0.25, 0.3) is 0 Å². The van der Waals surface area contributed by atoms with Crippen molar-refractivity contribution in [3.8, 4) is 94.7 Å². The molecule has 0 radical (unpaired) electrons. The molecule has 4 nitrogen and oxygen atoms in total. The van der Waals surface area contributed by atoms with E-state index in [0.29, 0.717) is 52.4 Å². The van der Waals surface area contributed by atoms with Gasteiger partial charge in [-0.05, 0) is 97.1 Å². The third-order valence-electron chi connectivity index (χ3n) is 7.11. The normalized spacial score (nSPS) is 13.2. The van der Waals surface area contributed by atoms with Crippen LogP contribution >= 0.6 is 0 Å². The van der Waals surface area contributed by atoms with Gasteiger partial charge in [-0.2, -0.15) is 0 Å². The molecule has 52 heavy (non-hydrogen) atoms. The van der Waals surface area contributed by atoms with E-state index in [2.05, 4.69) is 116 Å². The first-order chi connectivity index (χ1) is 25.8. The summed E-state index contributed by atoms with van der Waals surface area (Å²) in [5.41, 5.74) is 7.58. The van der Waals surface area contributed by atoms with Crippen molar-refractivity contribution < 1.29 is 0 Å². The lowest BCUT2D eigenvalue weighted by Crippen LogP contribution is -2.13. The molecule has 0 amide bonds. The summed E-state index contributed by atoms with van der Waals surface area (Å²) in [5.74, 6) is 50.6. The molecule has 4 heteroatoms. The monoisotopic (exact) mass is 668 g/mol. The second-order valence-corrected chi connectivity index (χ2v) is 11.1. The molecule has 8 bridgehead atoms.